The fraction of sp³-hybridized carbons (Fsp3) is 0.235. The molecule has 6 nitrogen and oxygen atoms in total. The normalized spacial score (nSPS) is 11.7. The van der Waals surface area contributed by atoms with E-state index in [4.69, 9.17) is 0 Å². The standard InChI is InChI=1S/C34H36N2O4S/c1-23-13-19-30(20-14-23)41(39,40)36(31-12-7-9-24(2)25(31)3)22-32(37)35-29-11-8-10-27(21-29)33(38)26-15-17-28(18-16-26)34(4,5)6/h7-21H,22H2,1-6H3,(H,35,37). The number of hydrogen-bond donors (Lipinski definition) is 1. The van der Waals surface area contributed by atoms with Gasteiger partial charge in [-0.25, -0.2) is 8.42 Å². The molecule has 0 unspecified atom stereocenters. The Labute approximate surface area is 243 Å². The van der Waals surface area contributed by atoms with Crippen LogP contribution in [0.25, 0.3) is 0 Å². The lowest BCUT2D eigenvalue weighted by Gasteiger charge is -2.26. The molecule has 0 saturated heterocycles. The SMILES string of the molecule is Cc1ccc(S(=O)(=O)N(CC(=O)Nc2cccc(C(=O)c3ccc(C(C)(C)C)cc3)c2)c2cccc(C)c2C)cc1. The van der Waals surface area contributed by atoms with Crippen LogP contribution >= 0.6 is 0 Å². The van der Waals surface area contributed by atoms with E-state index in [9.17, 15) is 18.0 Å². The van der Waals surface area contributed by atoms with Gasteiger partial charge in [0.1, 0.15) is 6.54 Å². The highest BCUT2D eigenvalue weighted by Gasteiger charge is 2.29. The van der Waals surface area contributed by atoms with Gasteiger partial charge in [0.2, 0.25) is 5.91 Å². The Hall–Kier alpha value is -4.23. The highest BCUT2D eigenvalue weighted by molar-refractivity contribution is 7.92. The summed E-state index contributed by atoms with van der Waals surface area (Å²) >= 11 is 0. The summed E-state index contributed by atoms with van der Waals surface area (Å²) in [5.74, 6) is -0.693. The summed E-state index contributed by atoms with van der Waals surface area (Å²) in [5.41, 5.74) is 5.52. The quantitative estimate of drug-likeness (QED) is 0.233. The molecule has 0 atom stereocenters. The third-order valence-corrected chi connectivity index (χ3v) is 8.94. The Morgan fingerprint density at radius 3 is 2.05 bits per heavy atom. The Morgan fingerprint density at radius 1 is 0.780 bits per heavy atom. The first-order valence-electron chi connectivity index (χ1n) is 13.5. The monoisotopic (exact) mass is 568 g/mol. The number of hydrogen-bond acceptors (Lipinski definition) is 4. The van der Waals surface area contributed by atoms with Crippen LogP contribution in [0.15, 0.2) is 95.9 Å². The fourth-order valence-electron chi connectivity index (χ4n) is 4.50. The van der Waals surface area contributed by atoms with Gasteiger partial charge in [0, 0.05) is 16.8 Å². The van der Waals surface area contributed by atoms with E-state index in [1.165, 1.54) is 0 Å². The third-order valence-electron chi connectivity index (χ3n) is 7.16. The lowest BCUT2D eigenvalue weighted by molar-refractivity contribution is -0.114. The molecule has 212 valence electrons. The molecule has 0 saturated carbocycles. The fourth-order valence-corrected chi connectivity index (χ4v) is 5.98. The minimum atomic E-state index is -4.05. The molecule has 0 aromatic heterocycles. The number of sulfonamides is 1. The molecule has 0 radical (unpaired) electrons. The van der Waals surface area contributed by atoms with Crippen molar-refractivity contribution in [3.8, 4) is 0 Å². The van der Waals surface area contributed by atoms with E-state index in [2.05, 4.69) is 26.1 Å². The number of amides is 1. The summed E-state index contributed by atoms with van der Waals surface area (Å²) < 4.78 is 28.7. The predicted molar refractivity (Wildman–Crippen MR) is 165 cm³/mol. The maximum absolute atomic E-state index is 13.8. The lowest BCUT2D eigenvalue weighted by atomic mass is 9.86. The molecule has 0 fully saturated rings. The maximum Gasteiger partial charge on any atom is 0.264 e. The van der Waals surface area contributed by atoms with E-state index in [0.717, 1.165) is 26.6 Å². The molecule has 41 heavy (non-hydrogen) atoms. The first kappa shape index (κ1) is 29.7. The number of benzene rings is 4. The zero-order valence-corrected chi connectivity index (χ0v) is 25.2. The Morgan fingerprint density at radius 2 is 1.41 bits per heavy atom. The molecule has 1 N–H and O–H groups in total. The summed E-state index contributed by atoms with van der Waals surface area (Å²) in [5, 5.41) is 2.79. The summed E-state index contributed by atoms with van der Waals surface area (Å²) in [6, 6.07) is 26.1. The van der Waals surface area contributed by atoms with Gasteiger partial charge in [0.05, 0.1) is 10.6 Å². The number of ketones is 1. The second-order valence-corrected chi connectivity index (χ2v) is 13.2. The predicted octanol–water partition coefficient (Wildman–Crippen LogP) is 6.97. The summed E-state index contributed by atoms with van der Waals surface area (Å²) in [4.78, 5) is 26.6. The van der Waals surface area contributed by atoms with Gasteiger partial charge in [-0.05, 0) is 73.2 Å². The van der Waals surface area contributed by atoms with Gasteiger partial charge in [0.25, 0.3) is 10.0 Å². The van der Waals surface area contributed by atoms with Crippen molar-refractivity contribution in [1.29, 1.82) is 0 Å². The topological polar surface area (TPSA) is 83.6 Å². The number of nitrogens with one attached hydrogen (secondary N) is 1. The van der Waals surface area contributed by atoms with Crippen LogP contribution in [0.1, 0.15) is 58.9 Å². The molecule has 0 aliphatic heterocycles. The Balaban J connectivity index is 1.60. The van der Waals surface area contributed by atoms with E-state index in [-0.39, 0.29) is 16.1 Å². The van der Waals surface area contributed by atoms with Crippen molar-refractivity contribution in [2.45, 2.75) is 51.9 Å². The second-order valence-electron chi connectivity index (χ2n) is 11.3. The van der Waals surface area contributed by atoms with Crippen LogP contribution in [0.3, 0.4) is 0 Å². The molecule has 1 amide bonds. The van der Waals surface area contributed by atoms with Crippen molar-refractivity contribution in [2.75, 3.05) is 16.2 Å². The number of nitrogens with zero attached hydrogens (tertiary/aromatic N) is 1. The van der Waals surface area contributed by atoms with E-state index in [1.54, 1.807) is 60.7 Å². The molecule has 4 aromatic rings. The van der Waals surface area contributed by atoms with Crippen LogP contribution in [-0.2, 0) is 20.2 Å². The molecule has 4 rings (SSSR count). The summed E-state index contributed by atoms with van der Waals surface area (Å²) in [7, 11) is -4.05. The highest BCUT2D eigenvalue weighted by Crippen LogP contribution is 2.29. The van der Waals surface area contributed by atoms with Gasteiger partial charge in [-0.15, -0.1) is 0 Å². The minimum Gasteiger partial charge on any atom is -0.324 e. The third kappa shape index (κ3) is 6.74. The summed E-state index contributed by atoms with van der Waals surface area (Å²) in [6.07, 6.45) is 0. The maximum atomic E-state index is 13.8. The summed E-state index contributed by atoms with van der Waals surface area (Å²) in [6.45, 7) is 11.5. The van der Waals surface area contributed by atoms with E-state index in [0.29, 0.717) is 22.5 Å². The van der Waals surface area contributed by atoms with Crippen LogP contribution < -0.4 is 9.62 Å². The molecule has 4 aromatic carbocycles. The van der Waals surface area contributed by atoms with Crippen LogP contribution in [0.4, 0.5) is 11.4 Å². The first-order valence-corrected chi connectivity index (χ1v) is 14.9. The molecular formula is C34H36N2O4S. The van der Waals surface area contributed by atoms with Crippen molar-refractivity contribution in [3.05, 3.63) is 124 Å². The van der Waals surface area contributed by atoms with Crippen LogP contribution in [-0.4, -0.2) is 26.7 Å². The van der Waals surface area contributed by atoms with Crippen molar-refractivity contribution < 1.29 is 18.0 Å². The van der Waals surface area contributed by atoms with E-state index in [1.807, 2.05) is 51.1 Å². The molecule has 0 aliphatic carbocycles. The first-order chi connectivity index (χ1) is 19.3. The van der Waals surface area contributed by atoms with Crippen molar-refractivity contribution in [1.82, 2.24) is 0 Å². The molecule has 7 heteroatoms. The Bertz CT molecular complexity index is 1680. The number of carbonyl (C=O) groups excluding carboxylic acids is 2. The van der Waals surface area contributed by atoms with Crippen molar-refractivity contribution >= 4 is 33.1 Å². The van der Waals surface area contributed by atoms with Crippen molar-refractivity contribution in [2.24, 2.45) is 0 Å². The smallest absolute Gasteiger partial charge is 0.264 e. The number of carbonyl (C=O) groups is 2. The molecule has 0 heterocycles. The highest BCUT2D eigenvalue weighted by atomic mass is 32.2. The van der Waals surface area contributed by atoms with Gasteiger partial charge in [0.15, 0.2) is 5.78 Å². The number of aryl methyl sites for hydroxylation is 2. The lowest BCUT2D eigenvalue weighted by Crippen LogP contribution is -2.38. The van der Waals surface area contributed by atoms with E-state index < -0.39 is 22.5 Å². The van der Waals surface area contributed by atoms with Gasteiger partial charge >= 0.3 is 0 Å². The van der Waals surface area contributed by atoms with Crippen molar-refractivity contribution in [3.63, 3.8) is 0 Å². The minimum absolute atomic E-state index is 0.0242. The zero-order chi connectivity index (χ0) is 29.9. The second kappa shape index (κ2) is 11.7. The molecule has 0 spiro atoms. The van der Waals surface area contributed by atoms with Gasteiger partial charge in [-0.3, -0.25) is 13.9 Å². The number of anilines is 2. The average molecular weight is 569 g/mol. The Kier molecular flexibility index (Phi) is 8.50. The largest absolute Gasteiger partial charge is 0.324 e. The van der Waals surface area contributed by atoms with Gasteiger partial charge in [-0.2, -0.15) is 0 Å². The van der Waals surface area contributed by atoms with Gasteiger partial charge < -0.3 is 5.32 Å². The molecule has 0 bridgehead atoms. The zero-order valence-electron chi connectivity index (χ0n) is 24.4. The van der Waals surface area contributed by atoms with Crippen LogP contribution in [0.5, 0.6) is 0 Å². The van der Waals surface area contributed by atoms with E-state index >= 15 is 0 Å². The average Bonchev–Trinajstić information content (AvgIpc) is 2.93. The van der Waals surface area contributed by atoms with Crippen LogP contribution in [0.2, 0.25) is 0 Å². The molecular weight excluding hydrogens is 532 g/mol. The number of rotatable bonds is 8. The van der Waals surface area contributed by atoms with Crippen LogP contribution in [0, 0.1) is 20.8 Å². The molecule has 0 aliphatic rings. The van der Waals surface area contributed by atoms with Gasteiger partial charge in [-0.1, -0.05) is 87.0 Å².